The maximum atomic E-state index is 9.18. The zero-order chi connectivity index (χ0) is 10.7. The van der Waals surface area contributed by atoms with Gasteiger partial charge in [0.05, 0.1) is 0 Å². The van der Waals surface area contributed by atoms with E-state index in [4.69, 9.17) is 5.11 Å². The molecule has 3 heteroatoms. The minimum absolute atomic E-state index is 0.273. The maximum Gasteiger partial charge on any atom is 0.115 e. The van der Waals surface area contributed by atoms with Gasteiger partial charge >= 0.3 is 0 Å². The Hall–Kier alpha value is -1.06. The quantitative estimate of drug-likeness (QED) is 0.687. The molecule has 0 aliphatic carbocycles. The number of piperidine rings is 1. The van der Waals surface area contributed by atoms with Crippen LogP contribution in [0.15, 0.2) is 24.3 Å². The average molecular weight is 207 g/mol. The lowest BCUT2D eigenvalue weighted by Gasteiger charge is -2.29. The molecule has 2 atom stereocenters. The molecular formula is C12H17NO2. The third-order valence-electron chi connectivity index (χ3n) is 3.07. The Bertz CT molecular complexity index is 302. The minimum Gasteiger partial charge on any atom is -0.508 e. The maximum absolute atomic E-state index is 9.18. The van der Waals surface area contributed by atoms with Crippen LogP contribution < -0.4 is 5.32 Å². The molecule has 0 saturated carbocycles. The van der Waals surface area contributed by atoms with Gasteiger partial charge in [-0.25, -0.2) is 0 Å². The third-order valence-corrected chi connectivity index (χ3v) is 3.07. The van der Waals surface area contributed by atoms with Gasteiger partial charge in [0.25, 0.3) is 0 Å². The predicted octanol–water partition coefficient (Wildman–Crippen LogP) is 1.43. The molecule has 2 rings (SSSR count). The number of aromatic hydroxyl groups is 1. The lowest BCUT2D eigenvalue weighted by Crippen LogP contribution is -2.34. The number of rotatable bonds is 2. The minimum atomic E-state index is 0.273. The Morgan fingerprint density at radius 1 is 1.20 bits per heavy atom. The predicted molar refractivity (Wildman–Crippen MR) is 58.7 cm³/mol. The molecule has 0 radical (unpaired) electrons. The van der Waals surface area contributed by atoms with E-state index < -0.39 is 0 Å². The number of phenols is 1. The van der Waals surface area contributed by atoms with E-state index in [1.165, 1.54) is 5.56 Å². The number of aliphatic hydroxyl groups is 1. The molecule has 2 unspecified atom stereocenters. The molecule has 1 fully saturated rings. The van der Waals surface area contributed by atoms with Crippen molar-refractivity contribution in [2.45, 2.75) is 18.9 Å². The number of nitrogens with one attached hydrogen (secondary N) is 1. The first-order valence-corrected chi connectivity index (χ1v) is 5.43. The molecule has 0 amide bonds. The molecule has 0 aromatic heterocycles. The van der Waals surface area contributed by atoms with Gasteiger partial charge in [0.1, 0.15) is 5.75 Å². The van der Waals surface area contributed by atoms with E-state index in [9.17, 15) is 5.11 Å². The van der Waals surface area contributed by atoms with Crippen LogP contribution in [0.25, 0.3) is 0 Å². The fraction of sp³-hybridized carbons (Fsp3) is 0.500. The molecule has 1 aromatic rings. The second kappa shape index (κ2) is 4.64. The lowest BCUT2D eigenvalue weighted by molar-refractivity contribution is 0.184. The number of aliphatic hydroxyl groups excluding tert-OH is 1. The van der Waals surface area contributed by atoms with E-state index >= 15 is 0 Å². The van der Waals surface area contributed by atoms with Crippen molar-refractivity contribution >= 4 is 0 Å². The number of hydrogen-bond donors (Lipinski definition) is 3. The first kappa shape index (κ1) is 10.5. The van der Waals surface area contributed by atoms with Crippen molar-refractivity contribution in [1.82, 2.24) is 5.32 Å². The van der Waals surface area contributed by atoms with Crippen molar-refractivity contribution in [3.05, 3.63) is 29.8 Å². The van der Waals surface area contributed by atoms with E-state index in [0.717, 1.165) is 19.4 Å². The molecule has 3 N–H and O–H groups in total. The summed E-state index contributed by atoms with van der Waals surface area (Å²) in [6, 6.07) is 7.71. The van der Waals surface area contributed by atoms with Crippen LogP contribution in [0.3, 0.4) is 0 Å². The normalized spacial score (nSPS) is 26.5. The van der Waals surface area contributed by atoms with Gasteiger partial charge < -0.3 is 15.5 Å². The standard InChI is InChI=1S/C12H17NO2/c14-8-9-1-6-12(13-7-9)10-2-4-11(15)5-3-10/h2-5,9,12-15H,1,6-8H2. The van der Waals surface area contributed by atoms with E-state index in [0.29, 0.717) is 17.7 Å². The SMILES string of the molecule is OCC1CCC(c2ccc(O)cc2)NC1. The van der Waals surface area contributed by atoms with Gasteiger partial charge in [-0.3, -0.25) is 0 Å². The summed E-state index contributed by atoms with van der Waals surface area (Å²) in [4.78, 5) is 0. The van der Waals surface area contributed by atoms with Gasteiger partial charge in [-0.2, -0.15) is 0 Å². The number of phenolic OH excluding ortho intramolecular Hbond substituents is 1. The summed E-state index contributed by atoms with van der Waals surface area (Å²) in [5, 5.41) is 21.6. The van der Waals surface area contributed by atoms with Gasteiger partial charge in [0.15, 0.2) is 0 Å². The van der Waals surface area contributed by atoms with Gasteiger partial charge in [-0.15, -0.1) is 0 Å². The topological polar surface area (TPSA) is 52.5 Å². The first-order chi connectivity index (χ1) is 7.29. The fourth-order valence-electron chi connectivity index (χ4n) is 2.06. The molecule has 1 aliphatic heterocycles. The van der Waals surface area contributed by atoms with Crippen LogP contribution in [0.5, 0.6) is 5.75 Å². The summed E-state index contributed by atoms with van der Waals surface area (Å²) >= 11 is 0. The van der Waals surface area contributed by atoms with E-state index in [2.05, 4.69) is 5.32 Å². The molecule has 82 valence electrons. The summed E-state index contributed by atoms with van der Waals surface area (Å²) in [5.41, 5.74) is 1.21. The van der Waals surface area contributed by atoms with Crippen molar-refractivity contribution in [2.24, 2.45) is 5.92 Å². The zero-order valence-corrected chi connectivity index (χ0v) is 8.69. The summed E-state index contributed by atoms with van der Waals surface area (Å²) < 4.78 is 0. The Morgan fingerprint density at radius 3 is 2.47 bits per heavy atom. The van der Waals surface area contributed by atoms with Crippen LogP contribution in [0.2, 0.25) is 0 Å². The lowest BCUT2D eigenvalue weighted by atomic mass is 9.91. The van der Waals surface area contributed by atoms with Gasteiger partial charge in [-0.05, 0) is 36.5 Å². The van der Waals surface area contributed by atoms with Crippen LogP contribution >= 0.6 is 0 Å². The third kappa shape index (κ3) is 2.49. The second-order valence-electron chi connectivity index (χ2n) is 4.18. The van der Waals surface area contributed by atoms with Crippen molar-refractivity contribution in [3.63, 3.8) is 0 Å². The van der Waals surface area contributed by atoms with Gasteiger partial charge in [0, 0.05) is 19.2 Å². The summed E-state index contributed by atoms with van der Waals surface area (Å²) in [6.45, 7) is 1.15. The van der Waals surface area contributed by atoms with Crippen LogP contribution in [0, 0.1) is 5.92 Å². The van der Waals surface area contributed by atoms with E-state index in [-0.39, 0.29) is 6.61 Å². The highest BCUT2D eigenvalue weighted by molar-refractivity contribution is 5.28. The largest absolute Gasteiger partial charge is 0.508 e. The summed E-state index contributed by atoms with van der Waals surface area (Å²) in [5.74, 6) is 0.709. The van der Waals surface area contributed by atoms with E-state index in [1.54, 1.807) is 12.1 Å². The number of hydrogen-bond acceptors (Lipinski definition) is 3. The summed E-state index contributed by atoms with van der Waals surface area (Å²) in [6.07, 6.45) is 2.12. The smallest absolute Gasteiger partial charge is 0.115 e. The highest BCUT2D eigenvalue weighted by atomic mass is 16.3. The van der Waals surface area contributed by atoms with Crippen molar-refractivity contribution in [3.8, 4) is 5.75 Å². The molecule has 1 aliphatic rings. The molecule has 3 nitrogen and oxygen atoms in total. The van der Waals surface area contributed by atoms with Gasteiger partial charge in [0.2, 0.25) is 0 Å². The Kier molecular flexibility index (Phi) is 3.23. The highest BCUT2D eigenvalue weighted by Crippen LogP contribution is 2.26. The Morgan fingerprint density at radius 2 is 1.93 bits per heavy atom. The van der Waals surface area contributed by atoms with Crippen molar-refractivity contribution in [2.75, 3.05) is 13.2 Å². The number of benzene rings is 1. The van der Waals surface area contributed by atoms with Crippen molar-refractivity contribution < 1.29 is 10.2 Å². The molecular weight excluding hydrogens is 190 g/mol. The molecule has 1 heterocycles. The van der Waals surface area contributed by atoms with Crippen LogP contribution in [-0.2, 0) is 0 Å². The summed E-state index contributed by atoms with van der Waals surface area (Å²) in [7, 11) is 0. The highest BCUT2D eigenvalue weighted by Gasteiger charge is 2.20. The molecule has 0 bridgehead atoms. The molecule has 15 heavy (non-hydrogen) atoms. The van der Waals surface area contributed by atoms with E-state index in [1.807, 2.05) is 12.1 Å². The molecule has 1 aromatic carbocycles. The van der Waals surface area contributed by atoms with Crippen LogP contribution in [-0.4, -0.2) is 23.4 Å². The monoisotopic (exact) mass is 207 g/mol. The second-order valence-corrected chi connectivity index (χ2v) is 4.18. The fourth-order valence-corrected chi connectivity index (χ4v) is 2.06. The Balaban J connectivity index is 1.98. The Labute approximate surface area is 89.8 Å². The zero-order valence-electron chi connectivity index (χ0n) is 8.69. The van der Waals surface area contributed by atoms with Crippen molar-refractivity contribution in [1.29, 1.82) is 0 Å². The molecule has 1 saturated heterocycles. The average Bonchev–Trinajstić information content (AvgIpc) is 2.30. The first-order valence-electron chi connectivity index (χ1n) is 5.43. The molecule has 0 spiro atoms. The van der Waals surface area contributed by atoms with Gasteiger partial charge in [-0.1, -0.05) is 12.1 Å². The van der Waals surface area contributed by atoms with Crippen LogP contribution in [0.4, 0.5) is 0 Å². The van der Waals surface area contributed by atoms with Crippen LogP contribution in [0.1, 0.15) is 24.4 Å².